The minimum atomic E-state index is 0.508. The fraction of sp³-hybridized carbons (Fsp3) is 0.538. The van der Waals surface area contributed by atoms with Crippen LogP contribution in [0.25, 0.3) is 0 Å². The maximum absolute atomic E-state index is 5.55. The molecule has 0 amide bonds. The fourth-order valence-corrected chi connectivity index (χ4v) is 2.96. The molecule has 0 radical (unpaired) electrons. The predicted octanol–water partition coefficient (Wildman–Crippen LogP) is 2.77. The van der Waals surface area contributed by atoms with Crippen LogP contribution in [0.5, 0.6) is 5.75 Å². The van der Waals surface area contributed by atoms with Gasteiger partial charge < -0.3 is 10.1 Å². The number of rotatable bonds is 3. The van der Waals surface area contributed by atoms with Crippen LogP contribution < -0.4 is 10.1 Å². The zero-order valence-electron chi connectivity index (χ0n) is 9.95. The van der Waals surface area contributed by atoms with E-state index in [9.17, 15) is 0 Å². The molecule has 1 saturated heterocycles. The molecule has 1 aromatic carbocycles. The van der Waals surface area contributed by atoms with Gasteiger partial charge in [0.1, 0.15) is 5.75 Å². The lowest BCUT2D eigenvalue weighted by Gasteiger charge is -2.24. The second kappa shape index (κ2) is 5.60. The van der Waals surface area contributed by atoms with Crippen molar-refractivity contribution >= 4 is 11.8 Å². The van der Waals surface area contributed by atoms with Gasteiger partial charge in [0.05, 0.1) is 6.61 Å². The van der Waals surface area contributed by atoms with Crippen molar-refractivity contribution in [3.63, 3.8) is 0 Å². The lowest BCUT2D eigenvalue weighted by Crippen LogP contribution is -2.30. The van der Waals surface area contributed by atoms with Gasteiger partial charge in [0.25, 0.3) is 0 Å². The molecule has 88 valence electrons. The van der Waals surface area contributed by atoms with E-state index in [0.717, 1.165) is 18.9 Å². The molecule has 0 aliphatic carbocycles. The van der Waals surface area contributed by atoms with Crippen molar-refractivity contribution in [2.24, 2.45) is 0 Å². The van der Waals surface area contributed by atoms with Gasteiger partial charge in [0.2, 0.25) is 0 Å². The topological polar surface area (TPSA) is 21.3 Å². The first-order chi connectivity index (χ1) is 7.81. The third-order valence-corrected chi connectivity index (χ3v) is 3.88. The number of ether oxygens (including phenoxy) is 1. The molecule has 2 rings (SSSR count). The SMILES string of the molecule is CCOc1ccc(C2CSCCN2)cc1C. The van der Waals surface area contributed by atoms with E-state index < -0.39 is 0 Å². The number of aryl methyl sites for hydroxylation is 1. The summed E-state index contributed by atoms with van der Waals surface area (Å²) in [6, 6.07) is 7.03. The molecule has 2 nitrogen and oxygen atoms in total. The quantitative estimate of drug-likeness (QED) is 0.873. The third kappa shape index (κ3) is 2.71. The lowest BCUT2D eigenvalue weighted by atomic mass is 10.0. The van der Waals surface area contributed by atoms with Crippen LogP contribution in [-0.4, -0.2) is 24.7 Å². The van der Waals surface area contributed by atoms with Gasteiger partial charge in [-0.05, 0) is 31.0 Å². The maximum atomic E-state index is 5.55. The van der Waals surface area contributed by atoms with Gasteiger partial charge in [-0.25, -0.2) is 0 Å². The molecule has 1 fully saturated rings. The number of hydrogen-bond acceptors (Lipinski definition) is 3. The van der Waals surface area contributed by atoms with E-state index in [2.05, 4.69) is 30.4 Å². The molecule has 16 heavy (non-hydrogen) atoms. The van der Waals surface area contributed by atoms with Gasteiger partial charge in [-0.3, -0.25) is 0 Å². The minimum absolute atomic E-state index is 0.508. The van der Waals surface area contributed by atoms with E-state index in [4.69, 9.17) is 4.74 Å². The highest BCUT2D eigenvalue weighted by atomic mass is 32.2. The van der Waals surface area contributed by atoms with Gasteiger partial charge in [-0.2, -0.15) is 11.8 Å². The molecule has 3 heteroatoms. The van der Waals surface area contributed by atoms with Crippen molar-refractivity contribution < 1.29 is 4.74 Å². The monoisotopic (exact) mass is 237 g/mol. The highest BCUT2D eigenvalue weighted by Crippen LogP contribution is 2.26. The summed E-state index contributed by atoms with van der Waals surface area (Å²) in [4.78, 5) is 0. The average molecular weight is 237 g/mol. The number of thioether (sulfide) groups is 1. The van der Waals surface area contributed by atoms with Crippen LogP contribution in [0.3, 0.4) is 0 Å². The van der Waals surface area contributed by atoms with Crippen LogP contribution >= 0.6 is 11.8 Å². The van der Waals surface area contributed by atoms with Crippen LogP contribution in [0.2, 0.25) is 0 Å². The lowest BCUT2D eigenvalue weighted by molar-refractivity contribution is 0.337. The Balaban J connectivity index is 2.13. The van der Waals surface area contributed by atoms with Gasteiger partial charge in [-0.15, -0.1) is 0 Å². The second-order valence-electron chi connectivity index (χ2n) is 4.04. The second-order valence-corrected chi connectivity index (χ2v) is 5.19. The Bertz CT molecular complexity index is 348. The summed E-state index contributed by atoms with van der Waals surface area (Å²) in [6.45, 7) is 5.98. The maximum Gasteiger partial charge on any atom is 0.122 e. The van der Waals surface area contributed by atoms with Gasteiger partial charge in [-0.1, -0.05) is 12.1 Å². The minimum Gasteiger partial charge on any atom is -0.494 e. The summed E-state index contributed by atoms with van der Waals surface area (Å²) in [7, 11) is 0. The Kier molecular flexibility index (Phi) is 4.13. The van der Waals surface area contributed by atoms with Gasteiger partial charge in [0, 0.05) is 24.1 Å². The summed E-state index contributed by atoms with van der Waals surface area (Å²) in [5, 5.41) is 3.55. The van der Waals surface area contributed by atoms with Crippen molar-refractivity contribution in [3.8, 4) is 5.75 Å². The van der Waals surface area contributed by atoms with E-state index in [-0.39, 0.29) is 0 Å². The van der Waals surface area contributed by atoms with E-state index in [1.807, 2.05) is 18.7 Å². The van der Waals surface area contributed by atoms with Crippen molar-refractivity contribution in [2.75, 3.05) is 24.7 Å². The summed E-state index contributed by atoms with van der Waals surface area (Å²) < 4.78 is 5.55. The van der Waals surface area contributed by atoms with Gasteiger partial charge in [0.15, 0.2) is 0 Å². The van der Waals surface area contributed by atoms with Crippen molar-refractivity contribution in [1.29, 1.82) is 0 Å². The van der Waals surface area contributed by atoms with Crippen LogP contribution in [-0.2, 0) is 0 Å². The molecule has 1 unspecified atom stereocenters. The van der Waals surface area contributed by atoms with E-state index >= 15 is 0 Å². The Labute approximate surface area is 102 Å². The highest BCUT2D eigenvalue weighted by molar-refractivity contribution is 7.99. The molecular formula is C13H19NOS. The van der Waals surface area contributed by atoms with Crippen molar-refractivity contribution in [1.82, 2.24) is 5.32 Å². The van der Waals surface area contributed by atoms with Crippen molar-refractivity contribution in [2.45, 2.75) is 19.9 Å². The summed E-state index contributed by atoms with van der Waals surface area (Å²) >= 11 is 2.02. The molecule has 1 aliphatic rings. The van der Waals surface area contributed by atoms with Crippen LogP contribution in [0, 0.1) is 6.92 Å². The molecule has 1 aliphatic heterocycles. The predicted molar refractivity (Wildman–Crippen MR) is 70.4 cm³/mol. The van der Waals surface area contributed by atoms with E-state index in [1.54, 1.807) is 0 Å². The van der Waals surface area contributed by atoms with Crippen molar-refractivity contribution in [3.05, 3.63) is 29.3 Å². The summed E-state index contributed by atoms with van der Waals surface area (Å²) in [6.07, 6.45) is 0. The Morgan fingerprint density at radius 1 is 1.50 bits per heavy atom. The third-order valence-electron chi connectivity index (χ3n) is 2.82. The van der Waals surface area contributed by atoms with Crippen LogP contribution in [0.4, 0.5) is 0 Å². The standard InChI is InChI=1S/C13H19NOS/c1-3-15-13-5-4-11(8-10(13)2)12-9-16-7-6-14-12/h4-5,8,12,14H,3,6-7,9H2,1-2H3. The molecule has 1 heterocycles. The highest BCUT2D eigenvalue weighted by Gasteiger charge is 2.15. The number of nitrogens with one attached hydrogen (secondary N) is 1. The molecule has 1 aromatic rings. The normalized spacial score (nSPS) is 20.8. The van der Waals surface area contributed by atoms with E-state index in [1.165, 1.54) is 22.6 Å². The van der Waals surface area contributed by atoms with Crippen LogP contribution in [0.1, 0.15) is 24.1 Å². The van der Waals surface area contributed by atoms with Gasteiger partial charge >= 0.3 is 0 Å². The smallest absolute Gasteiger partial charge is 0.122 e. The molecule has 0 spiro atoms. The largest absolute Gasteiger partial charge is 0.494 e. The molecule has 1 N–H and O–H groups in total. The Morgan fingerprint density at radius 3 is 3.00 bits per heavy atom. The first kappa shape index (κ1) is 11.8. The Morgan fingerprint density at radius 2 is 2.38 bits per heavy atom. The number of hydrogen-bond donors (Lipinski definition) is 1. The molecule has 0 bridgehead atoms. The first-order valence-electron chi connectivity index (χ1n) is 5.85. The molecule has 1 atom stereocenters. The summed E-state index contributed by atoms with van der Waals surface area (Å²) in [5.74, 6) is 3.41. The number of benzene rings is 1. The summed E-state index contributed by atoms with van der Waals surface area (Å²) in [5.41, 5.74) is 2.62. The average Bonchev–Trinajstić information content (AvgIpc) is 2.33. The molecular weight excluding hydrogens is 218 g/mol. The van der Waals surface area contributed by atoms with Crippen LogP contribution in [0.15, 0.2) is 18.2 Å². The zero-order valence-corrected chi connectivity index (χ0v) is 10.8. The zero-order chi connectivity index (χ0) is 11.4. The Hall–Kier alpha value is -0.670. The fourth-order valence-electron chi connectivity index (χ4n) is 1.99. The van der Waals surface area contributed by atoms with E-state index in [0.29, 0.717) is 6.04 Å². The molecule has 0 aromatic heterocycles. The first-order valence-corrected chi connectivity index (χ1v) is 7.01. The molecule has 0 saturated carbocycles.